The van der Waals surface area contributed by atoms with Gasteiger partial charge in [0.05, 0.1) is 46.5 Å². The van der Waals surface area contributed by atoms with E-state index < -0.39 is 19.8 Å². The van der Waals surface area contributed by atoms with Crippen LogP contribution in [0.15, 0.2) is 103 Å². The fourth-order valence-electron chi connectivity index (χ4n) is 9.03. The van der Waals surface area contributed by atoms with E-state index in [1.807, 2.05) is 101 Å². The summed E-state index contributed by atoms with van der Waals surface area (Å²) in [5, 5.41) is 11.2. The molecule has 2 fully saturated rings. The number of benzene rings is 4. The van der Waals surface area contributed by atoms with Crippen molar-refractivity contribution in [2.24, 2.45) is 5.92 Å². The second-order valence-electron chi connectivity index (χ2n) is 15.1. The fourth-order valence-corrected chi connectivity index (χ4v) is 13.0. The monoisotopic (exact) mass is 731 g/mol. The number of fused-ring (bicyclic) bond motifs is 2. The molecule has 4 atom stereocenters. The molecule has 4 aromatic carbocycles. The van der Waals surface area contributed by atoms with Gasteiger partial charge in [-0.1, -0.05) is 98.0 Å². The molecule has 276 valence electrons. The van der Waals surface area contributed by atoms with Crippen molar-refractivity contribution in [3.63, 3.8) is 0 Å². The van der Waals surface area contributed by atoms with Crippen LogP contribution in [0.25, 0.3) is 0 Å². The van der Waals surface area contributed by atoms with Crippen molar-refractivity contribution in [2.45, 2.75) is 69.6 Å². The van der Waals surface area contributed by atoms with E-state index in [0.717, 1.165) is 40.2 Å². The molecule has 9 nitrogen and oxygen atoms in total. The zero-order valence-corrected chi connectivity index (χ0v) is 32.0. The van der Waals surface area contributed by atoms with Gasteiger partial charge in [0.25, 0.3) is 5.91 Å². The number of anilines is 2. The van der Waals surface area contributed by atoms with Gasteiger partial charge in [0.1, 0.15) is 5.75 Å². The van der Waals surface area contributed by atoms with Crippen LogP contribution in [-0.2, 0) is 37.8 Å². The highest BCUT2D eigenvalue weighted by Gasteiger charge is 2.66. The van der Waals surface area contributed by atoms with E-state index in [0.29, 0.717) is 26.1 Å². The molecule has 53 heavy (non-hydrogen) atoms. The van der Waals surface area contributed by atoms with Gasteiger partial charge in [-0.3, -0.25) is 14.4 Å². The summed E-state index contributed by atoms with van der Waals surface area (Å²) in [6.07, 6.45) is 0.745. The van der Waals surface area contributed by atoms with E-state index in [9.17, 15) is 14.7 Å². The first-order chi connectivity index (χ1) is 25.6. The van der Waals surface area contributed by atoms with Crippen molar-refractivity contribution in [1.29, 1.82) is 0 Å². The van der Waals surface area contributed by atoms with Gasteiger partial charge in [-0.2, -0.15) is 0 Å². The van der Waals surface area contributed by atoms with E-state index in [2.05, 4.69) is 32.2 Å². The van der Waals surface area contributed by atoms with Crippen LogP contribution >= 0.6 is 0 Å². The minimum Gasteiger partial charge on any atom is -0.497 e. The highest BCUT2D eigenvalue weighted by atomic mass is 28.3. The first-order valence-corrected chi connectivity index (χ1v) is 21.7. The lowest BCUT2D eigenvalue weighted by Crippen LogP contribution is -2.52. The highest BCUT2D eigenvalue weighted by molar-refractivity contribution is 6.91. The van der Waals surface area contributed by atoms with Crippen molar-refractivity contribution >= 4 is 42.4 Å². The molecular weight excluding hydrogens is 683 g/mol. The van der Waals surface area contributed by atoms with Gasteiger partial charge in [-0.25, -0.2) is 0 Å². The van der Waals surface area contributed by atoms with Crippen molar-refractivity contribution in [2.75, 3.05) is 36.6 Å². The molecule has 1 spiro atoms. The SMILES string of the molecule is COc1ccc([Si](C)(C)[C@@H]2[C@@H](CC(=O)N(CCO)Cc3ccccc3)O[C@]3(C(=O)N(Cc4ccccc4)c4ccc(N5CCCC5=O)cc43)[C@H]2C)cc1. The predicted octanol–water partition coefficient (Wildman–Crippen LogP) is 6.00. The number of aliphatic hydroxyl groups is 1. The third-order valence-electron chi connectivity index (χ3n) is 11.7. The van der Waals surface area contributed by atoms with Gasteiger partial charge in [0.2, 0.25) is 11.8 Å². The van der Waals surface area contributed by atoms with Crippen molar-refractivity contribution in [3.05, 3.63) is 120 Å². The minimum atomic E-state index is -2.53. The normalized spacial score (nSPS) is 22.5. The molecule has 10 heteroatoms. The van der Waals surface area contributed by atoms with E-state index in [1.165, 1.54) is 5.19 Å². The molecule has 1 N–H and O–H groups in total. The summed E-state index contributed by atoms with van der Waals surface area (Å²) >= 11 is 0. The molecule has 0 radical (unpaired) electrons. The van der Waals surface area contributed by atoms with Gasteiger partial charge < -0.3 is 29.3 Å². The first-order valence-electron chi connectivity index (χ1n) is 18.6. The predicted molar refractivity (Wildman–Crippen MR) is 209 cm³/mol. The molecule has 0 bridgehead atoms. The van der Waals surface area contributed by atoms with Crippen LogP contribution in [0.1, 0.15) is 42.9 Å². The van der Waals surface area contributed by atoms with Crippen LogP contribution in [0.5, 0.6) is 5.75 Å². The Hall–Kier alpha value is -4.77. The number of aliphatic hydroxyl groups excluding tert-OH is 1. The molecule has 3 aliphatic rings. The summed E-state index contributed by atoms with van der Waals surface area (Å²) in [7, 11) is -0.879. The molecule has 0 aromatic heterocycles. The van der Waals surface area contributed by atoms with E-state index in [4.69, 9.17) is 9.47 Å². The van der Waals surface area contributed by atoms with E-state index in [1.54, 1.807) is 12.0 Å². The third-order valence-corrected chi connectivity index (χ3v) is 16.1. The number of rotatable bonds is 12. The molecule has 3 amide bonds. The van der Waals surface area contributed by atoms with Crippen LogP contribution < -0.4 is 19.7 Å². The zero-order chi connectivity index (χ0) is 37.3. The number of hydrogen-bond donors (Lipinski definition) is 1. The first kappa shape index (κ1) is 36.6. The molecule has 3 heterocycles. The number of carbonyl (C=O) groups excluding carboxylic acids is 3. The second kappa shape index (κ2) is 14.9. The number of methoxy groups -OCH3 is 1. The van der Waals surface area contributed by atoms with Gasteiger partial charge in [-0.15, -0.1) is 0 Å². The molecule has 2 saturated heterocycles. The lowest BCUT2D eigenvalue weighted by atomic mass is 9.82. The number of carbonyl (C=O) groups is 3. The highest BCUT2D eigenvalue weighted by Crippen LogP contribution is 2.60. The van der Waals surface area contributed by atoms with Crippen molar-refractivity contribution in [1.82, 2.24) is 4.90 Å². The van der Waals surface area contributed by atoms with Crippen LogP contribution in [0.4, 0.5) is 11.4 Å². The smallest absolute Gasteiger partial charge is 0.264 e. The molecule has 0 saturated carbocycles. The Morgan fingerprint density at radius 3 is 2.26 bits per heavy atom. The van der Waals surface area contributed by atoms with Gasteiger partial charge in [-0.05, 0) is 53.4 Å². The largest absolute Gasteiger partial charge is 0.497 e. The third kappa shape index (κ3) is 6.68. The Morgan fingerprint density at radius 1 is 0.962 bits per heavy atom. The molecule has 4 aromatic rings. The molecule has 7 rings (SSSR count). The number of amides is 3. The quantitative estimate of drug-likeness (QED) is 0.180. The minimum absolute atomic E-state index is 0.0573. The Labute approximate surface area is 313 Å². The summed E-state index contributed by atoms with van der Waals surface area (Å²) in [5.41, 5.74) is 2.70. The molecule has 0 unspecified atom stereocenters. The summed E-state index contributed by atoms with van der Waals surface area (Å²) in [5.74, 6) is 0.232. The Balaban J connectivity index is 1.34. The van der Waals surface area contributed by atoms with Gasteiger partial charge in [0, 0.05) is 43.2 Å². The Kier molecular flexibility index (Phi) is 10.3. The average molecular weight is 732 g/mol. The maximum Gasteiger partial charge on any atom is 0.264 e. The summed E-state index contributed by atoms with van der Waals surface area (Å²) in [6, 6.07) is 33.8. The van der Waals surface area contributed by atoms with Gasteiger partial charge >= 0.3 is 0 Å². The number of nitrogens with zero attached hydrogens (tertiary/aromatic N) is 3. The van der Waals surface area contributed by atoms with Crippen molar-refractivity contribution in [3.8, 4) is 5.75 Å². The molecule has 0 aliphatic carbocycles. The lowest BCUT2D eigenvalue weighted by molar-refractivity contribution is -0.150. The number of ether oxygens (including phenoxy) is 2. The maximum absolute atomic E-state index is 15.3. The van der Waals surface area contributed by atoms with E-state index >= 15 is 4.79 Å². The molecular formula is C43H49N3O6Si. The summed E-state index contributed by atoms with van der Waals surface area (Å²) in [6.45, 7) is 8.08. The van der Waals surface area contributed by atoms with Gasteiger partial charge in [0.15, 0.2) is 5.60 Å². The van der Waals surface area contributed by atoms with E-state index in [-0.39, 0.29) is 48.8 Å². The van der Waals surface area contributed by atoms with Crippen molar-refractivity contribution < 1.29 is 29.0 Å². The second-order valence-corrected chi connectivity index (χ2v) is 19.8. The topological polar surface area (TPSA) is 99.6 Å². The maximum atomic E-state index is 15.3. The Morgan fingerprint density at radius 2 is 1.64 bits per heavy atom. The fraction of sp³-hybridized carbons (Fsp3) is 0.372. The zero-order valence-electron chi connectivity index (χ0n) is 31.0. The Bertz CT molecular complexity index is 1960. The molecule has 3 aliphatic heterocycles. The summed E-state index contributed by atoms with van der Waals surface area (Å²) < 4.78 is 12.8. The van der Waals surface area contributed by atoms with Crippen LogP contribution in [0.3, 0.4) is 0 Å². The lowest BCUT2D eigenvalue weighted by Gasteiger charge is -2.37. The standard InChI is InChI=1S/C43H49N3O6Si/c1-30-41(53(3,4)35-20-18-34(51-2)19-21-35)38(27-40(49)44(24-25-47)28-31-12-7-5-8-13-31)52-43(30)36-26-33(45-23-11-16-39(45)48)17-22-37(36)46(42(43)50)29-32-14-9-6-10-15-32/h5-10,12-15,17-22,26,30,38,41,47H,11,16,23-25,27-29H2,1-4H3/t30-,38+,41-,43+/m0/s1. The van der Waals surface area contributed by atoms with Crippen LogP contribution in [0, 0.1) is 5.92 Å². The van der Waals surface area contributed by atoms with Crippen LogP contribution in [0.2, 0.25) is 18.6 Å². The average Bonchev–Trinajstić information content (AvgIpc) is 3.80. The summed E-state index contributed by atoms with van der Waals surface area (Å²) in [4.78, 5) is 48.0. The van der Waals surface area contributed by atoms with Crippen LogP contribution in [-0.4, -0.2) is 68.7 Å². The number of hydrogen-bond acceptors (Lipinski definition) is 6.